The van der Waals surface area contributed by atoms with Crippen LogP contribution in [0.4, 0.5) is 0 Å². The topological polar surface area (TPSA) is 4.93 Å². The predicted molar refractivity (Wildman–Crippen MR) is 168 cm³/mol. The number of hydrogen-bond acceptors (Lipinski definition) is 0. The van der Waals surface area contributed by atoms with Crippen molar-refractivity contribution in [3.63, 3.8) is 0 Å². The van der Waals surface area contributed by atoms with E-state index in [9.17, 15) is 0 Å². The lowest BCUT2D eigenvalue weighted by atomic mass is 9.29. The van der Waals surface area contributed by atoms with Gasteiger partial charge in [-0.1, -0.05) is 133 Å². The summed E-state index contributed by atoms with van der Waals surface area (Å²) in [5, 5.41) is 2.65. The summed E-state index contributed by atoms with van der Waals surface area (Å²) in [4.78, 5) is 0. The molecule has 3 heterocycles. The fourth-order valence-corrected chi connectivity index (χ4v) is 7.98. The lowest BCUT2D eigenvalue weighted by Crippen LogP contribution is -2.64. The Morgan fingerprint density at radius 3 is 1.95 bits per heavy atom. The fraction of sp³-hybridized carbons (Fsp3) is 0.0526. The maximum Gasteiger partial charge on any atom is 0.247 e. The average Bonchev–Trinajstić information content (AvgIpc) is 3.35. The third-order valence-electron chi connectivity index (χ3n) is 9.36. The summed E-state index contributed by atoms with van der Waals surface area (Å²) in [7, 11) is 0. The van der Waals surface area contributed by atoms with Gasteiger partial charge in [-0.2, -0.15) is 0 Å². The minimum absolute atomic E-state index is 0.169. The first-order valence-electron chi connectivity index (χ1n) is 14.2. The van der Waals surface area contributed by atoms with E-state index in [0.29, 0.717) is 0 Å². The number of benzene rings is 6. The largest absolute Gasteiger partial charge is 0.310 e. The normalized spacial score (nSPS) is 14.3. The van der Waals surface area contributed by atoms with Gasteiger partial charge >= 0.3 is 0 Å². The summed E-state index contributed by atoms with van der Waals surface area (Å²) in [5.41, 5.74) is 14.4. The number of fused-ring (bicyclic) bond motifs is 7. The quantitative estimate of drug-likeness (QED) is 0.232. The monoisotopic (exact) mass is 507 g/mol. The van der Waals surface area contributed by atoms with E-state index in [4.69, 9.17) is 0 Å². The molecule has 0 amide bonds. The summed E-state index contributed by atoms with van der Waals surface area (Å²) < 4.78 is 2.55. The van der Waals surface area contributed by atoms with Crippen LogP contribution in [0.15, 0.2) is 140 Å². The number of para-hydroxylation sites is 2. The second kappa shape index (κ2) is 7.86. The maximum atomic E-state index is 2.55. The van der Waals surface area contributed by atoms with Crippen LogP contribution in [-0.2, 0) is 5.41 Å². The SMILES string of the molecule is Cc1cc2c3c(c1)C(c1ccccc1)(c1ccccc1)c1ccccc1B3c1cccc3c4ccccc4n-2c13. The van der Waals surface area contributed by atoms with Crippen LogP contribution in [0, 0.1) is 6.92 Å². The van der Waals surface area contributed by atoms with Crippen molar-refractivity contribution >= 4 is 44.9 Å². The summed E-state index contributed by atoms with van der Waals surface area (Å²) in [6.45, 7) is 2.43. The van der Waals surface area contributed by atoms with E-state index in [-0.39, 0.29) is 6.71 Å². The van der Waals surface area contributed by atoms with Gasteiger partial charge in [0.2, 0.25) is 6.71 Å². The minimum atomic E-state index is -0.430. The van der Waals surface area contributed by atoms with Crippen LogP contribution in [0.1, 0.15) is 27.8 Å². The van der Waals surface area contributed by atoms with Crippen LogP contribution in [-0.4, -0.2) is 11.3 Å². The maximum absolute atomic E-state index is 2.55. The molecule has 0 N–H and O–H groups in total. The van der Waals surface area contributed by atoms with Gasteiger partial charge in [-0.3, -0.25) is 0 Å². The van der Waals surface area contributed by atoms with E-state index in [1.54, 1.807) is 0 Å². The van der Waals surface area contributed by atoms with E-state index in [0.717, 1.165) is 0 Å². The van der Waals surface area contributed by atoms with Crippen molar-refractivity contribution in [3.05, 3.63) is 167 Å². The molecule has 2 aliphatic heterocycles. The van der Waals surface area contributed by atoms with Gasteiger partial charge in [0.25, 0.3) is 0 Å². The van der Waals surface area contributed by atoms with E-state index in [1.165, 1.54) is 71.7 Å². The molecule has 1 nitrogen and oxygen atoms in total. The summed E-state index contributed by atoms with van der Waals surface area (Å²) in [5.74, 6) is 0. The Kier molecular flexibility index (Phi) is 4.34. The van der Waals surface area contributed by atoms with E-state index >= 15 is 0 Å². The number of aryl methyl sites for hydroxylation is 1. The highest BCUT2D eigenvalue weighted by molar-refractivity contribution is 6.99. The number of nitrogens with zero attached hydrogens (tertiary/aromatic N) is 1. The molecule has 40 heavy (non-hydrogen) atoms. The van der Waals surface area contributed by atoms with Gasteiger partial charge in [0.05, 0.1) is 10.9 Å². The summed E-state index contributed by atoms with van der Waals surface area (Å²) >= 11 is 0. The van der Waals surface area contributed by atoms with Gasteiger partial charge in [-0.05, 0) is 57.8 Å². The predicted octanol–water partition coefficient (Wildman–Crippen LogP) is 6.62. The minimum Gasteiger partial charge on any atom is -0.310 e. The molecule has 0 bridgehead atoms. The molecule has 0 saturated carbocycles. The molecule has 9 rings (SSSR count). The van der Waals surface area contributed by atoms with Crippen molar-refractivity contribution in [2.45, 2.75) is 12.3 Å². The van der Waals surface area contributed by atoms with E-state index in [2.05, 4.69) is 151 Å². The van der Waals surface area contributed by atoms with Crippen molar-refractivity contribution in [2.24, 2.45) is 0 Å². The average molecular weight is 507 g/mol. The Balaban J connectivity index is 1.55. The van der Waals surface area contributed by atoms with E-state index < -0.39 is 5.41 Å². The Bertz CT molecular complexity index is 2080. The first-order chi connectivity index (χ1) is 19.8. The van der Waals surface area contributed by atoms with Crippen LogP contribution in [0.25, 0.3) is 27.5 Å². The molecule has 0 aliphatic carbocycles. The molecule has 0 atom stereocenters. The number of rotatable bonds is 2. The number of aromatic nitrogens is 1. The molecular weight excluding hydrogens is 481 g/mol. The van der Waals surface area contributed by atoms with Gasteiger partial charge in [-0.25, -0.2) is 0 Å². The van der Waals surface area contributed by atoms with Crippen molar-refractivity contribution in [3.8, 4) is 5.69 Å². The van der Waals surface area contributed by atoms with E-state index in [1.807, 2.05) is 0 Å². The highest BCUT2D eigenvalue weighted by Crippen LogP contribution is 2.48. The molecule has 0 unspecified atom stereocenters. The molecule has 7 aromatic rings. The molecule has 1 aromatic heterocycles. The van der Waals surface area contributed by atoms with Gasteiger partial charge < -0.3 is 4.57 Å². The second-order valence-corrected chi connectivity index (χ2v) is 11.3. The number of hydrogen-bond donors (Lipinski definition) is 0. The summed E-state index contributed by atoms with van der Waals surface area (Å²) in [6.07, 6.45) is 0. The molecule has 6 aromatic carbocycles. The molecule has 0 saturated heterocycles. The van der Waals surface area contributed by atoms with Crippen LogP contribution >= 0.6 is 0 Å². The Labute approximate surface area is 234 Å². The first kappa shape index (κ1) is 22.0. The highest BCUT2D eigenvalue weighted by atomic mass is 15.0. The Hall–Kier alpha value is -4.82. The highest BCUT2D eigenvalue weighted by Gasteiger charge is 2.50. The summed E-state index contributed by atoms with van der Waals surface area (Å²) in [6, 6.07) is 52.2. The van der Waals surface area contributed by atoms with Gasteiger partial charge in [-0.15, -0.1) is 0 Å². The molecule has 0 fully saturated rings. The lowest BCUT2D eigenvalue weighted by Gasteiger charge is -2.46. The van der Waals surface area contributed by atoms with Gasteiger partial charge in [0, 0.05) is 22.0 Å². The zero-order chi connectivity index (χ0) is 26.4. The Morgan fingerprint density at radius 1 is 0.550 bits per heavy atom. The third kappa shape index (κ3) is 2.59. The van der Waals surface area contributed by atoms with Crippen LogP contribution in [0.3, 0.4) is 0 Å². The van der Waals surface area contributed by atoms with Crippen molar-refractivity contribution in [2.75, 3.05) is 0 Å². The van der Waals surface area contributed by atoms with Gasteiger partial charge in [0.1, 0.15) is 0 Å². The molecule has 0 radical (unpaired) electrons. The van der Waals surface area contributed by atoms with Crippen LogP contribution in [0.2, 0.25) is 0 Å². The smallest absolute Gasteiger partial charge is 0.247 e. The Morgan fingerprint density at radius 2 is 1.18 bits per heavy atom. The zero-order valence-corrected chi connectivity index (χ0v) is 22.3. The molecule has 186 valence electrons. The lowest BCUT2D eigenvalue weighted by molar-refractivity contribution is 0.749. The first-order valence-corrected chi connectivity index (χ1v) is 14.2. The molecule has 2 aliphatic rings. The fourth-order valence-electron chi connectivity index (χ4n) is 7.98. The molecular formula is C38H26BN. The zero-order valence-electron chi connectivity index (χ0n) is 22.3. The molecule has 0 spiro atoms. The van der Waals surface area contributed by atoms with Gasteiger partial charge in [0.15, 0.2) is 0 Å². The van der Waals surface area contributed by atoms with Crippen molar-refractivity contribution < 1.29 is 0 Å². The standard InChI is InChI=1S/C38H26BN/c1-25-23-31-36-35(24-25)40-34-22-11-8-17-28(34)29-18-12-21-33(37(29)40)39(36)32-20-10-9-19-30(32)38(31,26-13-4-2-5-14-26)27-15-6-3-7-16-27/h2-24H,1H3. The second-order valence-electron chi connectivity index (χ2n) is 11.3. The van der Waals surface area contributed by atoms with Crippen LogP contribution < -0.4 is 16.4 Å². The molecule has 2 heteroatoms. The van der Waals surface area contributed by atoms with Crippen molar-refractivity contribution in [1.82, 2.24) is 4.57 Å². The third-order valence-corrected chi connectivity index (χ3v) is 9.36. The van der Waals surface area contributed by atoms with Crippen LogP contribution in [0.5, 0.6) is 0 Å². The van der Waals surface area contributed by atoms with Crippen molar-refractivity contribution in [1.29, 1.82) is 0 Å².